The first kappa shape index (κ1) is 15.5. The van der Waals surface area contributed by atoms with Crippen molar-refractivity contribution in [1.29, 1.82) is 0 Å². The number of rotatable bonds is 7. The monoisotopic (exact) mass is 285 g/mol. The molecule has 2 aromatic rings. The summed E-state index contributed by atoms with van der Waals surface area (Å²) < 4.78 is 5.64. The van der Waals surface area contributed by atoms with Gasteiger partial charge in [-0.2, -0.15) is 0 Å². The van der Waals surface area contributed by atoms with E-state index >= 15 is 0 Å². The maximum absolute atomic E-state index is 9.21. The zero-order chi connectivity index (χ0) is 15.1. The fourth-order valence-electron chi connectivity index (χ4n) is 2.29. The van der Waals surface area contributed by atoms with Crippen molar-refractivity contribution in [2.75, 3.05) is 6.61 Å². The molecule has 2 aromatic carbocycles. The van der Waals surface area contributed by atoms with Crippen molar-refractivity contribution in [2.45, 2.75) is 33.0 Å². The first-order valence-electron chi connectivity index (χ1n) is 7.38. The SMILES string of the molecule is CCOc1ccccc1CNC(C)c1cccc(CO)c1. The second kappa shape index (κ2) is 7.81. The van der Waals surface area contributed by atoms with E-state index in [9.17, 15) is 5.11 Å². The van der Waals surface area contributed by atoms with Crippen LogP contribution >= 0.6 is 0 Å². The van der Waals surface area contributed by atoms with E-state index in [2.05, 4.69) is 24.4 Å². The summed E-state index contributed by atoms with van der Waals surface area (Å²) in [6.45, 7) is 5.62. The molecule has 21 heavy (non-hydrogen) atoms. The Labute approximate surface area is 126 Å². The molecule has 0 amide bonds. The minimum atomic E-state index is 0.0771. The van der Waals surface area contributed by atoms with Gasteiger partial charge in [0.25, 0.3) is 0 Å². The lowest BCUT2D eigenvalue weighted by Gasteiger charge is -2.17. The first-order valence-corrected chi connectivity index (χ1v) is 7.38. The summed E-state index contributed by atoms with van der Waals surface area (Å²) in [7, 11) is 0. The van der Waals surface area contributed by atoms with Crippen LogP contribution in [0.15, 0.2) is 48.5 Å². The zero-order valence-corrected chi connectivity index (χ0v) is 12.7. The summed E-state index contributed by atoms with van der Waals surface area (Å²) in [4.78, 5) is 0. The molecule has 0 bridgehead atoms. The normalized spacial score (nSPS) is 12.1. The quantitative estimate of drug-likeness (QED) is 0.819. The highest BCUT2D eigenvalue weighted by atomic mass is 16.5. The number of hydrogen-bond acceptors (Lipinski definition) is 3. The number of hydrogen-bond donors (Lipinski definition) is 2. The molecule has 0 radical (unpaired) electrons. The van der Waals surface area contributed by atoms with Crippen molar-refractivity contribution in [2.24, 2.45) is 0 Å². The van der Waals surface area contributed by atoms with Gasteiger partial charge in [0, 0.05) is 18.2 Å². The number of benzene rings is 2. The van der Waals surface area contributed by atoms with Crippen LogP contribution in [-0.2, 0) is 13.2 Å². The Morgan fingerprint density at radius 3 is 2.71 bits per heavy atom. The fraction of sp³-hybridized carbons (Fsp3) is 0.333. The van der Waals surface area contributed by atoms with Crippen molar-refractivity contribution >= 4 is 0 Å². The van der Waals surface area contributed by atoms with Crippen LogP contribution in [0.2, 0.25) is 0 Å². The van der Waals surface area contributed by atoms with Crippen molar-refractivity contribution in [3.63, 3.8) is 0 Å². The van der Waals surface area contributed by atoms with Crippen LogP contribution in [0, 0.1) is 0 Å². The minimum absolute atomic E-state index is 0.0771. The molecule has 0 spiro atoms. The molecule has 2 N–H and O–H groups in total. The van der Waals surface area contributed by atoms with E-state index in [1.54, 1.807) is 0 Å². The molecular formula is C18H23NO2. The van der Waals surface area contributed by atoms with Gasteiger partial charge < -0.3 is 15.2 Å². The zero-order valence-electron chi connectivity index (χ0n) is 12.7. The molecule has 0 saturated heterocycles. The van der Waals surface area contributed by atoms with Gasteiger partial charge >= 0.3 is 0 Å². The van der Waals surface area contributed by atoms with E-state index in [4.69, 9.17) is 4.74 Å². The van der Waals surface area contributed by atoms with Crippen molar-refractivity contribution < 1.29 is 9.84 Å². The van der Waals surface area contributed by atoms with E-state index in [-0.39, 0.29) is 12.6 Å². The Balaban J connectivity index is 2.02. The highest BCUT2D eigenvalue weighted by Gasteiger charge is 2.08. The van der Waals surface area contributed by atoms with Crippen LogP contribution in [0.3, 0.4) is 0 Å². The average molecular weight is 285 g/mol. The smallest absolute Gasteiger partial charge is 0.123 e. The molecule has 0 aromatic heterocycles. The van der Waals surface area contributed by atoms with Crippen molar-refractivity contribution in [3.05, 3.63) is 65.2 Å². The highest BCUT2D eigenvalue weighted by Crippen LogP contribution is 2.20. The Bertz CT molecular complexity index is 569. The molecule has 112 valence electrons. The first-order chi connectivity index (χ1) is 10.2. The summed E-state index contributed by atoms with van der Waals surface area (Å²) in [6, 6.07) is 16.3. The summed E-state index contributed by atoms with van der Waals surface area (Å²) >= 11 is 0. The number of para-hydroxylation sites is 1. The molecule has 3 nitrogen and oxygen atoms in total. The molecule has 1 unspecified atom stereocenters. The van der Waals surface area contributed by atoms with E-state index in [1.165, 1.54) is 5.56 Å². The van der Waals surface area contributed by atoms with Gasteiger partial charge in [0.2, 0.25) is 0 Å². The van der Waals surface area contributed by atoms with Crippen LogP contribution < -0.4 is 10.1 Å². The third-order valence-corrected chi connectivity index (χ3v) is 3.50. The molecule has 0 aliphatic heterocycles. The second-order valence-corrected chi connectivity index (χ2v) is 5.05. The van der Waals surface area contributed by atoms with Crippen LogP contribution in [0.1, 0.15) is 36.6 Å². The van der Waals surface area contributed by atoms with Crippen molar-refractivity contribution in [1.82, 2.24) is 5.32 Å². The predicted molar refractivity (Wildman–Crippen MR) is 85.2 cm³/mol. The fourth-order valence-corrected chi connectivity index (χ4v) is 2.29. The molecule has 0 aliphatic carbocycles. The third kappa shape index (κ3) is 4.31. The van der Waals surface area contributed by atoms with E-state index < -0.39 is 0 Å². The van der Waals surface area contributed by atoms with Crippen LogP contribution in [0.5, 0.6) is 5.75 Å². The van der Waals surface area contributed by atoms with E-state index in [1.807, 2.05) is 43.3 Å². The van der Waals surface area contributed by atoms with Gasteiger partial charge in [-0.15, -0.1) is 0 Å². The molecule has 0 fully saturated rings. The standard InChI is InChI=1S/C18H23NO2/c1-3-21-18-10-5-4-8-17(18)12-19-14(2)16-9-6-7-15(11-16)13-20/h4-11,14,19-20H,3,12-13H2,1-2H3. The van der Waals surface area contributed by atoms with Gasteiger partial charge in [-0.05, 0) is 31.0 Å². The van der Waals surface area contributed by atoms with E-state index in [0.29, 0.717) is 6.61 Å². The lowest BCUT2D eigenvalue weighted by atomic mass is 10.0. The lowest BCUT2D eigenvalue weighted by molar-refractivity contribution is 0.281. The van der Waals surface area contributed by atoms with Crippen LogP contribution in [-0.4, -0.2) is 11.7 Å². The van der Waals surface area contributed by atoms with Gasteiger partial charge in [0.05, 0.1) is 13.2 Å². The summed E-state index contributed by atoms with van der Waals surface area (Å²) in [6.07, 6.45) is 0. The number of ether oxygens (including phenoxy) is 1. The van der Waals surface area contributed by atoms with Gasteiger partial charge in [-0.1, -0.05) is 42.5 Å². The topological polar surface area (TPSA) is 41.5 Å². The minimum Gasteiger partial charge on any atom is -0.494 e. The van der Waals surface area contributed by atoms with E-state index in [0.717, 1.165) is 23.4 Å². The molecule has 0 heterocycles. The molecule has 1 atom stereocenters. The average Bonchev–Trinajstić information content (AvgIpc) is 2.54. The summed E-state index contributed by atoms with van der Waals surface area (Å²) in [5.74, 6) is 0.934. The molecular weight excluding hydrogens is 262 g/mol. The lowest BCUT2D eigenvalue weighted by Crippen LogP contribution is -2.18. The predicted octanol–water partition coefficient (Wildman–Crippen LogP) is 3.43. The Morgan fingerprint density at radius 2 is 1.95 bits per heavy atom. The van der Waals surface area contributed by atoms with Crippen LogP contribution in [0.25, 0.3) is 0 Å². The molecule has 3 heteroatoms. The molecule has 0 aliphatic rings. The number of nitrogens with one attached hydrogen (secondary N) is 1. The highest BCUT2D eigenvalue weighted by molar-refractivity contribution is 5.33. The molecule has 2 rings (SSSR count). The summed E-state index contributed by atoms with van der Waals surface area (Å²) in [5, 5.41) is 12.7. The van der Waals surface area contributed by atoms with Gasteiger partial charge in [0.1, 0.15) is 5.75 Å². The Kier molecular flexibility index (Phi) is 5.78. The van der Waals surface area contributed by atoms with Crippen molar-refractivity contribution in [3.8, 4) is 5.75 Å². The van der Waals surface area contributed by atoms with Gasteiger partial charge in [0.15, 0.2) is 0 Å². The largest absolute Gasteiger partial charge is 0.494 e. The Morgan fingerprint density at radius 1 is 1.14 bits per heavy atom. The van der Waals surface area contributed by atoms with Gasteiger partial charge in [-0.25, -0.2) is 0 Å². The number of aliphatic hydroxyl groups is 1. The van der Waals surface area contributed by atoms with Gasteiger partial charge in [-0.3, -0.25) is 0 Å². The maximum atomic E-state index is 9.21. The second-order valence-electron chi connectivity index (χ2n) is 5.05. The number of aliphatic hydroxyl groups excluding tert-OH is 1. The summed E-state index contributed by atoms with van der Waals surface area (Å²) in [5.41, 5.74) is 3.27. The third-order valence-electron chi connectivity index (χ3n) is 3.50. The maximum Gasteiger partial charge on any atom is 0.123 e. The molecule has 0 saturated carbocycles. The Hall–Kier alpha value is -1.84. The van der Waals surface area contributed by atoms with Crippen LogP contribution in [0.4, 0.5) is 0 Å².